The second-order valence-electron chi connectivity index (χ2n) is 5.16. The molecule has 0 aliphatic carbocycles. The summed E-state index contributed by atoms with van der Waals surface area (Å²) in [6, 6.07) is 7.18. The van der Waals surface area contributed by atoms with Gasteiger partial charge in [-0.2, -0.15) is 0 Å². The zero-order valence-electron chi connectivity index (χ0n) is 11.5. The summed E-state index contributed by atoms with van der Waals surface area (Å²) in [6.45, 7) is 2.75. The standard InChI is InChI=1S/C14H17BrN2O3/c1-14(12(18)20-2)6-7-17(9-14)13(19)16-11-5-3-4-10(15)8-11/h3-5,8H,6-7,9H2,1-2H3,(H,16,19). The first-order valence-corrected chi connectivity index (χ1v) is 7.14. The molecule has 0 aromatic heterocycles. The Labute approximate surface area is 126 Å². The summed E-state index contributed by atoms with van der Waals surface area (Å²) in [7, 11) is 1.37. The molecule has 5 nitrogen and oxygen atoms in total. The molecule has 1 atom stereocenters. The van der Waals surface area contributed by atoms with Crippen LogP contribution in [0.4, 0.5) is 10.5 Å². The number of rotatable bonds is 2. The van der Waals surface area contributed by atoms with E-state index in [1.807, 2.05) is 31.2 Å². The quantitative estimate of drug-likeness (QED) is 0.842. The monoisotopic (exact) mass is 340 g/mol. The van der Waals surface area contributed by atoms with Crippen LogP contribution in [0.5, 0.6) is 0 Å². The third-order valence-corrected chi connectivity index (χ3v) is 4.01. The van der Waals surface area contributed by atoms with Crippen molar-refractivity contribution in [1.29, 1.82) is 0 Å². The molecule has 0 saturated carbocycles. The van der Waals surface area contributed by atoms with Gasteiger partial charge in [0, 0.05) is 23.2 Å². The van der Waals surface area contributed by atoms with Crippen LogP contribution in [0.15, 0.2) is 28.7 Å². The molecule has 1 saturated heterocycles. The summed E-state index contributed by atoms with van der Waals surface area (Å²) >= 11 is 3.36. The van der Waals surface area contributed by atoms with Crippen LogP contribution < -0.4 is 5.32 Å². The molecule has 1 aromatic rings. The fraction of sp³-hybridized carbons (Fsp3) is 0.429. The molecule has 1 aliphatic heterocycles. The van der Waals surface area contributed by atoms with Crippen molar-refractivity contribution in [3.8, 4) is 0 Å². The summed E-state index contributed by atoms with van der Waals surface area (Å²) in [4.78, 5) is 25.5. The minimum absolute atomic E-state index is 0.198. The minimum Gasteiger partial charge on any atom is -0.469 e. The van der Waals surface area contributed by atoms with Crippen LogP contribution in [0.25, 0.3) is 0 Å². The molecule has 1 N–H and O–H groups in total. The molecule has 2 rings (SSSR count). The highest BCUT2D eigenvalue weighted by molar-refractivity contribution is 9.10. The van der Waals surface area contributed by atoms with Crippen molar-refractivity contribution in [3.63, 3.8) is 0 Å². The first-order chi connectivity index (χ1) is 9.44. The number of carbonyl (C=O) groups excluding carboxylic acids is 2. The van der Waals surface area contributed by atoms with E-state index in [1.165, 1.54) is 7.11 Å². The molecule has 2 amide bonds. The Morgan fingerprint density at radius 1 is 1.45 bits per heavy atom. The minimum atomic E-state index is -0.608. The number of carbonyl (C=O) groups is 2. The lowest BCUT2D eigenvalue weighted by atomic mass is 9.90. The molecule has 108 valence electrons. The molecule has 0 radical (unpaired) electrons. The van der Waals surface area contributed by atoms with E-state index in [-0.39, 0.29) is 12.0 Å². The fourth-order valence-corrected chi connectivity index (χ4v) is 2.72. The molecule has 1 aromatic carbocycles. The number of amides is 2. The molecular formula is C14H17BrN2O3. The fourth-order valence-electron chi connectivity index (χ4n) is 2.32. The highest BCUT2D eigenvalue weighted by Crippen LogP contribution is 2.31. The van der Waals surface area contributed by atoms with Crippen molar-refractivity contribution in [3.05, 3.63) is 28.7 Å². The third-order valence-electron chi connectivity index (χ3n) is 3.51. The number of likely N-dealkylation sites (tertiary alicyclic amines) is 1. The lowest BCUT2D eigenvalue weighted by Gasteiger charge is -2.22. The van der Waals surface area contributed by atoms with Crippen LogP contribution in [0.3, 0.4) is 0 Å². The summed E-state index contributed by atoms with van der Waals surface area (Å²) < 4.78 is 5.69. The summed E-state index contributed by atoms with van der Waals surface area (Å²) in [6.07, 6.45) is 0.617. The molecule has 6 heteroatoms. The SMILES string of the molecule is COC(=O)C1(C)CCN(C(=O)Nc2cccc(Br)c2)C1. The van der Waals surface area contributed by atoms with E-state index in [4.69, 9.17) is 4.74 Å². The summed E-state index contributed by atoms with van der Waals surface area (Å²) in [5, 5.41) is 2.82. The predicted molar refractivity (Wildman–Crippen MR) is 79.5 cm³/mol. The molecule has 1 heterocycles. The Morgan fingerprint density at radius 2 is 2.20 bits per heavy atom. The maximum absolute atomic E-state index is 12.2. The Bertz CT molecular complexity index is 535. The average molecular weight is 341 g/mol. The topological polar surface area (TPSA) is 58.6 Å². The number of halogens is 1. The van der Waals surface area contributed by atoms with E-state index in [1.54, 1.807) is 4.90 Å². The predicted octanol–water partition coefficient (Wildman–Crippen LogP) is 2.87. The van der Waals surface area contributed by atoms with Crippen molar-refractivity contribution < 1.29 is 14.3 Å². The third kappa shape index (κ3) is 3.12. The lowest BCUT2D eigenvalue weighted by molar-refractivity contribution is -0.150. The second kappa shape index (κ2) is 5.83. The molecule has 20 heavy (non-hydrogen) atoms. The van der Waals surface area contributed by atoms with Crippen molar-refractivity contribution in [2.75, 3.05) is 25.5 Å². The Morgan fingerprint density at radius 3 is 2.85 bits per heavy atom. The zero-order valence-corrected chi connectivity index (χ0v) is 13.1. The van der Waals surface area contributed by atoms with Gasteiger partial charge in [-0.1, -0.05) is 22.0 Å². The van der Waals surface area contributed by atoms with Gasteiger partial charge in [0.05, 0.1) is 12.5 Å². The molecule has 1 fully saturated rings. The molecule has 0 bridgehead atoms. The maximum atomic E-state index is 12.2. The van der Waals surface area contributed by atoms with Crippen LogP contribution >= 0.6 is 15.9 Å². The number of ether oxygens (including phenoxy) is 1. The largest absolute Gasteiger partial charge is 0.469 e. The number of benzene rings is 1. The first kappa shape index (κ1) is 14.8. The smallest absolute Gasteiger partial charge is 0.321 e. The van der Waals surface area contributed by atoms with Gasteiger partial charge in [-0.25, -0.2) is 4.79 Å². The number of nitrogens with one attached hydrogen (secondary N) is 1. The van der Waals surface area contributed by atoms with Gasteiger partial charge in [0.1, 0.15) is 0 Å². The van der Waals surface area contributed by atoms with Gasteiger partial charge in [0.25, 0.3) is 0 Å². The molecule has 1 unspecified atom stereocenters. The Hall–Kier alpha value is -1.56. The van der Waals surface area contributed by atoms with Crippen LogP contribution in [0.2, 0.25) is 0 Å². The van der Waals surface area contributed by atoms with Crippen LogP contribution in [-0.4, -0.2) is 37.1 Å². The number of methoxy groups -OCH3 is 1. The van der Waals surface area contributed by atoms with E-state index < -0.39 is 5.41 Å². The van der Waals surface area contributed by atoms with E-state index in [2.05, 4.69) is 21.2 Å². The summed E-state index contributed by atoms with van der Waals surface area (Å²) in [5.74, 6) is -0.268. The highest BCUT2D eigenvalue weighted by atomic mass is 79.9. The van der Waals surface area contributed by atoms with Crippen molar-refractivity contribution >= 4 is 33.6 Å². The van der Waals surface area contributed by atoms with Gasteiger partial charge in [-0.3, -0.25) is 4.79 Å². The van der Waals surface area contributed by atoms with Crippen molar-refractivity contribution in [1.82, 2.24) is 4.90 Å². The lowest BCUT2D eigenvalue weighted by Crippen LogP contribution is -2.37. The zero-order chi connectivity index (χ0) is 14.8. The van der Waals surface area contributed by atoms with Gasteiger partial charge in [-0.05, 0) is 31.5 Å². The first-order valence-electron chi connectivity index (χ1n) is 6.34. The van der Waals surface area contributed by atoms with Crippen LogP contribution in [0.1, 0.15) is 13.3 Å². The molecule has 0 spiro atoms. The normalized spacial score (nSPS) is 21.6. The molecule has 1 aliphatic rings. The van der Waals surface area contributed by atoms with E-state index in [0.717, 1.165) is 10.2 Å². The maximum Gasteiger partial charge on any atom is 0.321 e. The van der Waals surface area contributed by atoms with Gasteiger partial charge in [0.2, 0.25) is 0 Å². The van der Waals surface area contributed by atoms with Gasteiger partial charge >= 0.3 is 12.0 Å². The van der Waals surface area contributed by atoms with E-state index in [9.17, 15) is 9.59 Å². The number of anilines is 1. The van der Waals surface area contributed by atoms with E-state index in [0.29, 0.717) is 19.5 Å². The number of urea groups is 1. The summed E-state index contributed by atoms with van der Waals surface area (Å²) in [5.41, 5.74) is 0.111. The van der Waals surface area contributed by atoms with E-state index >= 15 is 0 Å². The van der Waals surface area contributed by atoms with Gasteiger partial charge in [-0.15, -0.1) is 0 Å². The highest BCUT2D eigenvalue weighted by Gasteiger charge is 2.43. The van der Waals surface area contributed by atoms with Crippen molar-refractivity contribution in [2.45, 2.75) is 13.3 Å². The number of nitrogens with zero attached hydrogens (tertiary/aromatic N) is 1. The molecular weight excluding hydrogens is 324 g/mol. The van der Waals surface area contributed by atoms with Gasteiger partial charge < -0.3 is 15.0 Å². The van der Waals surface area contributed by atoms with Crippen molar-refractivity contribution in [2.24, 2.45) is 5.41 Å². The Kier molecular flexibility index (Phi) is 4.32. The van der Waals surface area contributed by atoms with Gasteiger partial charge in [0.15, 0.2) is 0 Å². The second-order valence-corrected chi connectivity index (χ2v) is 6.08. The Balaban J connectivity index is 2.00. The average Bonchev–Trinajstić information content (AvgIpc) is 2.82. The van der Waals surface area contributed by atoms with Crippen LogP contribution in [0, 0.1) is 5.41 Å². The number of esters is 1. The number of hydrogen-bond acceptors (Lipinski definition) is 3. The van der Waals surface area contributed by atoms with Crippen LogP contribution in [-0.2, 0) is 9.53 Å². The number of hydrogen-bond donors (Lipinski definition) is 1.